The van der Waals surface area contributed by atoms with E-state index in [1.807, 2.05) is 6.07 Å². The lowest BCUT2D eigenvalue weighted by molar-refractivity contribution is 0.833. The molecule has 1 N–H and O–H groups in total. The van der Waals surface area contributed by atoms with Gasteiger partial charge in [-0.1, -0.05) is 36.8 Å². The average molecular weight is 258 g/mol. The number of H-pyrrole nitrogens is 1. The van der Waals surface area contributed by atoms with E-state index in [1.54, 1.807) is 0 Å². The van der Waals surface area contributed by atoms with E-state index < -0.39 is 0 Å². The molecule has 1 aromatic heterocycles. The Hall–Kier alpha value is -1.48. The zero-order valence-corrected chi connectivity index (χ0v) is 11.9. The van der Waals surface area contributed by atoms with Crippen molar-refractivity contribution in [1.29, 1.82) is 0 Å². The molecule has 2 aromatic rings. The Morgan fingerprint density at radius 2 is 2.00 bits per heavy atom. The molecule has 2 rings (SSSR count). The van der Waals surface area contributed by atoms with Crippen LogP contribution in [0.5, 0.6) is 0 Å². The number of nitrogens with zero attached hydrogens (tertiary/aromatic N) is 1. The van der Waals surface area contributed by atoms with Gasteiger partial charge < -0.3 is 4.98 Å². The van der Waals surface area contributed by atoms with Gasteiger partial charge in [-0.3, -0.25) is 0 Å². The van der Waals surface area contributed by atoms with Crippen LogP contribution in [0.4, 0.5) is 0 Å². The number of hydrogen-bond acceptors (Lipinski definition) is 2. The van der Waals surface area contributed by atoms with Gasteiger partial charge in [0.2, 0.25) is 0 Å². The Labute approximate surface area is 113 Å². The fourth-order valence-corrected chi connectivity index (χ4v) is 2.26. The van der Waals surface area contributed by atoms with Crippen LogP contribution in [-0.2, 0) is 6.42 Å². The summed E-state index contributed by atoms with van der Waals surface area (Å²) in [5.74, 6) is 0.973. The molecule has 94 valence electrons. The van der Waals surface area contributed by atoms with E-state index in [2.05, 4.69) is 48.9 Å². The summed E-state index contributed by atoms with van der Waals surface area (Å²) in [5, 5.41) is 0. The second kappa shape index (κ2) is 5.44. The van der Waals surface area contributed by atoms with Crippen LogP contribution >= 0.6 is 12.2 Å². The van der Waals surface area contributed by atoms with Gasteiger partial charge in [0.05, 0.1) is 0 Å². The van der Waals surface area contributed by atoms with Crippen LogP contribution < -0.4 is 0 Å². The van der Waals surface area contributed by atoms with E-state index >= 15 is 0 Å². The first-order valence-electron chi connectivity index (χ1n) is 6.28. The first-order chi connectivity index (χ1) is 8.60. The molecule has 0 amide bonds. The molecule has 1 heterocycles. The lowest BCUT2D eigenvalue weighted by Crippen LogP contribution is -1.98. The standard InChI is InChI=1S/C15H18N2S/c1-4-5-14-16-13(9-15(18)17-14)12-8-10(2)6-7-11(12)3/h6-9H,4-5H2,1-3H3,(H,16,17,18). The van der Waals surface area contributed by atoms with Crippen molar-refractivity contribution >= 4 is 12.2 Å². The van der Waals surface area contributed by atoms with E-state index in [4.69, 9.17) is 12.2 Å². The van der Waals surface area contributed by atoms with Crippen LogP contribution in [0.3, 0.4) is 0 Å². The lowest BCUT2D eigenvalue weighted by Gasteiger charge is -2.09. The molecule has 3 heteroatoms. The van der Waals surface area contributed by atoms with Crippen molar-refractivity contribution in [3.05, 3.63) is 45.9 Å². The third-order valence-corrected chi connectivity index (χ3v) is 3.17. The Bertz CT molecular complexity index is 614. The minimum absolute atomic E-state index is 0.660. The predicted octanol–water partition coefficient (Wildman–Crippen LogP) is 4.38. The Morgan fingerprint density at radius 1 is 1.22 bits per heavy atom. The van der Waals surface area contributed by atoms with Crippen molar-refractivity contribution in [1.82, 2.24) is 9.97 Å². The van der Waals surface area contributed by atoms with Crippen molar-refractivity contribution < 1.29 is 0 Å². The molecule has 0 aliphatic heterocycles. The Morgan fingerprint density at radius 3 is 2.72 bits per heavy atom. The molecule has 0 spiro atoms. The maximum Gasteiger partial charge on any atom is 0.130 e. The van der Waals surface area contributed by atoms with Gasteiger partial charge in [0.15, 0.2) is 0 Å². The topological polar surface area (TPSA) is 28.7 Å². The number of aryl methyl sites for hydroxylation is 3. The van der Waals surface area contributed by atoms with Crippen molar-refractivity contribution in [2.75, 3.05) is 0 Å². The molecule has 0 aliphatic carbocycles. The molecular formula is C15H18N2S. The zero-order chi connectivity index (χ0) is 13.1. The molecular weight excluding hydrogens is 240 g/mol. The van der Waals surface area contributed by atoms with Gasteiger partial charge >= 0.3 is 0 Å². The highest BCUT2D eigenvalue weighted by Gasteiger charge is 2.05. The average Bonchev–Trinajstić information content (AvgIpc) is 2.32. The summed E-state index contributed by atoms with van der Waals surface area (Å²) in [6, 6.07) is 8.39. The minimum atomic E-state index is 0.660. The molecule has 0 fully saturated rings. The van der Waals surface area contributed by atoms with Gasteiger partial charge in [-0.05, 0) is 38.0 Å². The number of aromatic amines is 1. The van der Waals surface area contributed by atoms with E-state index in [0.29, 0.717) is 4.64 Å². The third-order valence-electron chi connectivity index (χ3n) is 2.96. The molecule has 0 saturated heterocycles. The molecule has 0 radical (unpaired) electrons. The minimum Gasteiger partial charge on any atom is -0.343 e. The van der Waals surface area contributed by atoms with E-state index in [-0.39, 0.29) is 0 Å². The van der Waals surface area contributed by atoms with Gasteiger partial charge in [0.25, 0.3) is 0 Å². The molecule has 18 heavy (non-hydrogen) atoms. The van der Waals surface area contributed by atoms with Crippen LogP contribution in [0.2, 0.25) is 0 Å². The quantitative estimate of drug-likeness (QED) is 0.828. The molecule has 0 atom stereocenters. The second-order valence-electron chi connectivity index (χ2n) is 4.65. The fourth-order valence-electron chi connectivity index (χ4n) is 2.03. The summed E-state index contributed by atoms with van der Waals surface area (Å²) in [6.45, 7) is 6.36. The highest BCUT2D eigenvalue weighted by atomic mass is 32.1. The number of benzene rings is 1. The monoisotopic (exact) mass is 258 g/mol. The van der Waals surface area contributed by atoms with E-state index in [9.17, 15) is 0 Å². The number of hydrogen-bond donors (Lipinski definition) is 1. The van der Waals surface area contributed by atoms with Gasteiger partial charge in [0.1, 0.15) is 10.5 Å². The maximum atomic E-state index is 5.25. The van der Waals surface area contributed by atoms with Crippen LogP contribution in [-0.4, -0.2) is 9.97 Å². The first kappa shape index (κ1) is 13.0. The van der Waals surface area contributed by atoms with Gasteiger partial charge in [-0.25, -0.2) is 4.98 Å². The lowest BCUT2D eigenvalue weighted by atomic mass is 10.0. The van der Waals surface area contributed by atoms with Crippen LogP contribution in [0.15, 0.2) is 24.3 Å². The molecule has 0 unspecified atom stereocenters. The highest BCUT2D eigenvalue weighted by molar-refractivity contribution is 7.71. The van der Waals surface area contributed by atoms with Crippen molar-refractivity contribution in [2.24, 2.45) is 0 Å². The summed E-state index contributed by atoms with van der Waals surface area (Å²) in [7, 11) is 0. The molecule has 0 bridgehead atoms. The largest absolute Gasteiger partial charge is 0.343 e. The summed E-state index contributed by atoms with van der Waals surface area (Å²) < 4.78 is 0.660. The third kappa shape index (κ3) is 2.85. The second-order valence-corrected chi connectivity index (χ2v) is 5.07. The first-order valence-corrected chi connectivity index (χ1v) is 6.69. The van der Waals surface area contributed by atoms with Crippen LogP contribution in [0.1, 0.15) is 30.3 Å². The molecule has 1 aromatic carbocycles. The molecule has 2 nitrogen and oxygen atoms in total. The maximum absolute atomic E-state index is 5.25. The highest BCUT2D eigenvalue weighted by Crippen LogP contribution is 2.23. The summed E-state index contributed by atoms with van der Waals surface area (Å²) >= 11 is 5.25. The van der Waals surface area contributed by atoms with Crippen molar-refractivity contribution in [3.8, 4) is 11.3 Å². The molecule has 0 saturated carbocycles. The normalized spacial score (nSPS) is 10.6. The van der Waals surface area contributed by atoms with Gasteiger partial charge in [-0.2, -0.15) is 0 Å². The number of nitrogens with one attached hydrogen (secondary N) is 1. The number of aromatic nitrogens is 2. The Balaban J connectivity index is 2.56. The summed E-state index contributed by atoms with van der Waals surface area (Å²) in [4.78, 5) is 7.75. The van der Waals surface area contributed by atoms with Crippen LogP contribution in [0, 0.1) is 18.5 Å². The fraction of sp³-hybridized carbons (Fsp3) is 0.333. The smallest absolute Gasteiger partial charge is 0.130 e. The molecule has 0 aliphatic rings. The zero-order valence-electron chi connectivity index (χ0n) is 11.1. The predicted molar refractivity (Wildman–Crippen MR) is 78.3 cm³/mol. The van der Waals surface area contributed by atoms with Gasteiger partial charge in [-0.15, -0.1) is 0 Å². The van der Waals surface area contributed by atoms with Crippen molar-refractivity contribution in [3.63, 3.8) is 0 Å². The Kier molecular flexibility index (Phi) is 3.92. The van der Waals surface area contributed by atoms with Crippen molar-refractivity contribution in [2.45, 2.75) is 33.6 Å². The summed E-state index contributed by atoms with van der Waals surface area (Å²) in [5.41, 5.74) is 4.78. The van der Waals surface area contributed by atoms with Gasteiger partial charge in [0, 0.05) is 17.7 Å². The van der Waals surface area contributed by atoms with E-state index in [1.165, 1.54) is 16.7 Å². The van der Waals surface area contributed by atoms with E-state index in [0.717, 1.165) is 24.4 Å². The summed E-state index contributed by atoms with van der Waals surface area (Å²) in [6.07, 6.45) is 2.00. The SMILES string of the molecule is CCCc1nc(=S)cc(-c2cc(C)ccc2C)[nH]1. The van der Waals surface area contributed by atoms with Crippen LogP contribution in [0.25, 0.3) is 11.3 Å². The number of rotatable bonds is 3.